The minimum absolute atomic E-state index is 0.0498. The van der Waals surface area contributed by atoms with Gasteiger partial charge in [0.15, 0.2) is 0 Å². The molecule has 20 heavy (non-hydrogen) atoms. The highest BCUT2D eigenvalue weighted by Gasteiger charge is 2.21. The van der Waals surface area contributed by atoms with Crippen LogP contribution in [0.1, 0.15) is 45.3 Å². The van der Waals surface area contributed by atoms with E-state index in [1.807, 2.05) is 24.3 Å². The van der Waals surface area contributed by atoms with Crippen LogP contribution in [0.3, 0.4) is 0 Å². The molecular weight excluding hydrogens is 271 g/mol. The lowest BCUT2D eigenvalue weighted by Crippen LogP contribution is -2.28. The van der Waals surface area contributed by atoms with E-state index in [1.54, 1.807) is 6.07 Å². The highest BCUT2D eigenvalue weighted by atomic mass is 32.1. The molecule has 2 aromatic rings. The standard InChI is InChI=1S/C16H19FN2S/c1-10-8-12(17)6-7-13(10)16(19-18)15-9-11-4-2-3-5-14(11)20-15/h6-9,16,19H,2-5,18H2,1H3. The molecule has 1 aliphatic carbocycles. The molecule has 0 spiro atoms. The van der Waals surface area contributed by atoms with E-state index in [2.05, 4.69) is 11.5 Å². The van der Waals surface area contributed by atoms with Gasteiger partial charge in [0.2, 0.25) is 0 Å². The molecular formula is C16H19FN2S. The summed E-state index contributed by atoms with van der Waals surface area (Å²) < 4.78 is 13.3. The van der Waals surface area contributed by atoms with Crippen molar-refractivity contribution in [2.45, 2.75) is 38.6 Å². The maximum Gasteiger partial charge on any atom is 0.123 e. The van der Waals surface area contributed by atoms with Crippen LogP contribution in [-0.4, -0.2) is 0 Å². The molecule has 1 unspecified atom stereocenters. The van der Waals surface area contributed by atoms with Gasteiger partial charge in [0.25, 0.3) is 0 Å². The number of hydrogen-bond acceptors (Lipinski definition) is 3. The number of halogens is 1. The minimum Gasteiger partial charge on any atom is -0.271 e. The monoisotopic (exact) mass is 290 g/mol. The number of aryl methyl sites for hydroxylation is 3. The number of benzene rings is 1. The van der Waals surface area contributed by atoms with E-state index in [1.165, 1.54) is 47.1 Å². The van der Waals surface area contributed by atoms with Gasteiger partial charge in [-0.25, -0.2) is 9.82 Å². The maximum absolute atomic E-state index is 13.3. The molecule has 3 N–H and O–H groups in total. The Balaban J connectivity index is 1.98. The summed E-state index contributed by atoms with van der Waals surface area (Å²) in [7, 11) is 0. The lowest BCUT2D eigenvalue weighted by molar-refractivity contribution is 0.615. The molecule has 0 aliphatic heterocycles. The third kappa shape index (κ3) is 2.51. The molecule has 0 bridgehead atoms. The lowest BCUT2D eigenvalue weighted by Gasteiger charge is -2.17. The average molecular weight is 290 g/mol. The number of hydrazine groups is 1. The van der Waals surface area contributed by atoms with Crippen molar-refractivity contribution < 1.29 is 4.39 Å². The first-order valence-electron chi connectivity index (χ1n) is 7.02. The smallest absolute Gasteiger partial charge is 0.123 e. The van der Waals surface area contributed by atoms with Gasteiger partial charge >= 0.3 is 0 Å². The zero-order valence-corrected chi connectivity index (χ0v) is 12.4. The van der Waals surface area contributed by atoms with Crippen LogP contribution in [0.5, 0.6) is 0 Å². The highest BCUT2D eigenvalue weighted by Crippen LogP contribution is 2.35. The second-order valence-corrected chi connectivity index (χ2v) is 6.57. The van der Waals surface area contributed by atoms with Gasteiger partial charge in [-0.3, -0.25) is 5.84 Å². The molecule has 2 nitrogen and oxygen atoms in total. The molecule has 0 radical (unpaired) electrons. The topological polar surface area (TPSA) is 38.0 Å². The third-order valence-corrected chi connectivity index (χ3v) is 5.31. The van der Waals surface area contributed by atoms with Gasteiger partial charge in [-0.2, -0.15) is 0 Å². The molecule has 106 valence electrons. The fourth-order valence-electron chi connectivity index (χ4n) is 2.94. The van der Waals surface area contributed by atoms with E-state index >= 15 is 0 Å². The Morgan fingerprint density at radius 3 is 2.75 bits per heavy atom. The summed E-state index contributed by atoms with van der Waals surface area (Å²) in [6.45, 7) is 1.93. The molecule has 3 rings (SSSR count). The molecule has 0 amide bonds. The first kappa shape index (κ1) is 13.7. The van der Waals surface area contributed by atoms with E-state index in [4.69, 9.17) is 5.84 Å². The van der Waals surface area contributed by atoms with Gasteiger partial charge in [0.05, 0.1) is 6.04 Å². The van der Waals surface area contributed by atoms with Crippen molar-refractivity contribution in [3.63, 3.8) is 0 Å². The molecule has 1 atom stereocenters. The summed E-state index contributed by atoms with van der Waals surface area (Å²) in [6, 6.07) is 7.11. The van der Waals surface area contributed by atoms with Crippen molar-refractivity contribution in [3.8, 4) is 0 Å². The predicted molar refractivity (Wildman–Crippen MR) is 81.3 cm³/mol. The van der Waals surface area contributed by atoms with Gasteiger partial charge in [-0.05, 0) is 67.5 Å². The summed E-state index contributed by atoms with van der Waals surface area (Å²) in [4.78, 5) is 2.72. The van der Waals surface area contributed by atoms with Crippen molar-refractivity contribution in [1.82, 2.24) is 5.43 Å². The zero-order chi connectivity index (χ0) is 14.1. The Kier molecular flexibility index (Phi) is 3.87. The summed E-state index contributed by atoms with van der Waals surface area (Å²) >= 11 is 1.84. The fraction of sp³-hybridized carbons (Fsp3) is 0.375. The van der Waals surface area contributed by atoms with Crippen LogP contribution in [0.4, 0.5) is 4.39 Å². The summed E-state index contributed by atoms with van der Waals surface area (Å²) in [6.07, 6.45) is 4.91. The largest absolute Gasteiger partial charge is 0.271 e. The van der Waals surface area contributed by atoms with Crippen LogP contribution in [0.25, 0.3) is 0 Å². The summed E-state index contributed by atoms with van der Waals surface area (Å²) in [5, 5.41) is 0. The molecule has 1 aromatic carbocycles. The number of hydrogen-bond donors (Lipinski definition) is 2. The normalized spacial score (nSPS) is 15.9. The van der Waals surface area contributed by atoms with E-state index < -0.39 is 0 Å². The Bertz CT molecular complexity index is 597. The average Bonchev–Trinajstić information content (AvgIpc) is 2.85. The SMILES string of the molecule is Cc1cc(F)ccc1C(NN)c1cc2c(s1)CCCC2. The van der Waals surface area contributed by atoms with Crippen molar-refractivity contribution in [3.05, 3.63) is 56.5 Å². The fourth-order valence-corrected chi connectivity index (χ4v) is 4.28. The number of rotatable bonds is 3. The first-order valence-corrected chi connectivity index (χ1v) is 7.84. The Labute approximate surface area is 122 Å². The van der Waals surface area contributed by atoms with Crippen LogP contribution in [0.15, 0.2) is 24.3 Å². The van der Waals surface area contributed by atoms with Gasteiger partial charge in [0.1, 0.15) is 5.82 Å². The molecule has 1 aliphatic rings. The number of fused-ring (bicyclic) bond motifs is 1. The number of thiophene rings is 1. The van der Waals surface area contributed by atoms with Crippen LogP contribution in [0.2, 0.25) is 0 Å². The van der Waals surface area contributed by atoms with Crippen LogP contribution in [-0.2, 0) is 12.8 Å². The van der Waals surface area contributed by atoms with Gasteiger partial charge in [0, 0.05) is 9.75 Å². The summed E-state index contributed by atoms with van der Waals surface area (Å²) in [5.74, 6) is 5.56. The molecule has 0 saturated carbocycles. The van der Waals surface area contributed by atoms with Gasteiger partial charge in [-0.15, -0.1) is 11.3 Å². The Morgan fingerprint density at radius 2 is 2.05 bits per heavy atom. The van der Waals surface area contributed by atoms with E-state index in [0.717, 1.165) is 11.1 Å². The van der Waals surface area contributed by atoms with E-state index in [9.17, 15) is 4.39 Å². The molecule has 1 heterocycles. The zero-order valence-electron chi connectivity index (χ0n) is 11.6. The van der Waals surface area contributed by atoms with Gasteiger partial charge in [-0.1, -0.05) is 6.07 Å². The van der Waals surface area contributed by atoms with Crippen LogP contribution in [0, 0.1) is 12.7 Å². The van der Waals surface area contributed by atoms with Crippen molar-refractivity contribution >= 4 is 11.3 Å². The molecule has 4 heteroatoms. The number of nitrogens with one attached hydrogen (secondary N) is 1. The van der Waals surface area contributed by atoms with Gasteiger partial charge < -0.3 is 0 Å². The van der Waals surface area contributed by atoms with Crippen LogP contribution >= 0.6 is 11.3 Å². The highest BCUT2D eigenvalue weighted by molar-refractivity contribution is 7.12. The summed E-state index contributed by atoms with van der Waals surface area (Å²) in [5.41, 5.74) is 6.34. The van der Waals surface area contributed by atoms with Crippen molar-refractivity contribution in [2.75, 3.05) is 0 Å². The Hall–Kier alpha value is -1.23. The first-order chi connectivity index (χ1) is 9.69. The predicted octanol–water partition coefficient (Wildman–Crippen LogP) is 3.63. The quantitative estimate of drug-likeness (QED) is 0.669. The third-order valence-electron chi connectivity index (χ3n) is 4.01. The number of nitrogens with two attached hydrogens (primary N) is 1. The maximum atomic E-state index is 13.3. The molecule has 0 saturated heterocycles. The van der Waals surface area contributed by atoms with E-state index in [0.29, 0.717) is 0 Å². The second kappa shape index (κ2) is 5.64. The van der Waals surface area contributed by atoms with Crippen molar-refractivity contribution in [1.29, 1.82) is 0 Å². The molecule has 0 fully saturated rings. The van der Waals surface area contributed by atoms with E-state index in [-0.39, 0.29) is 11.9 Å². The minimum atomic E-state index is -0.201. The molecule has 1 aromatic heterocycles. The van der Waals surface area contributed by atoms with Crippen LogP contribution < -0.4 is 11.3 Å². The second-order valence-electron chi connectivity index (χ2n) is 5.40. The van der Waals surface area contributed by atoms with Crippen molar-refractivity contribution in [2.24, 2.45) is 5.84 Å². The Morgan fingerprint density at radius 1 is 1.25 bits per heavy atom. The lowest BCUT2D eigenvalue weighted by atomic mass is 9.96.